The third kappa shape index (κ3) is 7.73. The summed E-state index contributed by atoms with van der Waals surface area (Å²) in [6.07, 6.45) is 4.37. The summed E-state index contributed by atoms with van der Waals surface area (Å²) in [6.45, 7) is 5.84. The second kappa shape index (κ2) is 14.5. The van der Waals surface area contributed by atoms with Crippen LogP contribution in [-0.2, 0) is 9.59 Å². The van der Waals surface area contributed by atoms with Gasteiger partial charge in [-0.2, -0.15) is 0 Å². The van der Waals surface area contributed by atoms with Crippen LogP contribution >= 0.6 is 23.2 Å². The summed E-state index contributed by atoms with van der Waals surface area (Å²) < 4.78 is 0. The third-order valence-electron chi connectivity index (χ3n) is 8.51. The lowest BCUT2D eigenvalue weighted by Gasteiger charge is -2.32. The molecule has 2 aliphatic heterocycles. The largest absolute Gasteiger partial charge is 0.368 e. The molecule has 8 nitrogen and oxygen atoms in total. The van der Waals surface area contributed by atoms with Gasteiger partial charge in [0.15, 0.2) is 0 Å². The number of halogens is 2. The Bertz CT molecular complexity index is 1490. The minimum atomic E-state index is -0.712. The molecule has 0 radical (unpaired) electrons. The Kier molecular flexibility index (Phi) is 10.5. The topological polar surface area (TPSA) is 99.0 Å². The highest BCUT2D eigenvalue weighted by Gasteiger charge is 2.28. The molecule has 2 unspecified atom stereocenters. The fraction of sp³-hybridized carbons (Fsp3) is 0.382. The molecule has 3 amide bonds. The molecule has 232 valence electrons. The summed E-state index contributed by atoms with van der Waals surface area (Å²) in [4.78, 5) is 44.6. The van der Waals surface area contributed by atoms with Crippen molar-refractivity contribution >= 4 is 46.6 Å². The molecule has 44 heavy (non-hydrogen) atoms. The molecule has 3 aromatic carbocycles. The fourth-order valence-electron chi connectivity index (χ4n) is 6.02. The summed E-state index contributed by atoms with van der Waals surface area (Å²) in [5.41, 5.74) is 9.77. The second-order valence-corrected chi connectivity index (χ2v) is 12.5. The van der Waals surface area contributed by atoms with Crippen LogP contribution in [0.1, 0.15) is 54.6 Å². The summed E-state index contributed by atoms with van der Waals surface area (Å²) >= 11 is 12.4. The van der Waals surface area contributed by atoms with Gasteiger partial charge in [-0.3, -0.25) is 14.4 Å². The number of carbonyl (C=O) groups excluding carboxylic acids is 3. The Balaban J connectivity index is 1.35. The van der Waals surface area contributed by atoms with Crippen LogP contribution in [0.25, 0.3) is 11.1 Å². The lowest BCUT2D eigenvalue weighted by molar-refractivity contribution is -0.123. The molecule has 0 spiro atoms. The van der Waals surface area contributed by atoms with Crippen molar-refractivity contribution in [2.45, 2.75) is 44.7 Å². The van der Waals surface area contributed by atoms with E-state index in [0.717, 1.165) is 68.6 Å². The molecule has 2 saturated heterocycles. The summed E-state index contributed by atoms with van der Waals surface area (Å²) in [5, 5.41) is 3.94. The Hall–Kier alpha value is -3.59. The molecule has 2 atom stereocenters. The maximum Gasteiger partial charge on any atom is 0.253 e. The number of carbonyl (C=O) groups is 3. The first kappa shape index (κ1) is 31.8. The number of nitrogens with zero attached hydrogens (tertiary/aromatic N) is 3. The van der Waals surface area contributed by atoms with E-state index in [1.807, 2.05) is 53.4 Å². The number of primary amides is 1. The van der Waals surface area contributed by atoms with Gasteiger partial charge >= 0.3 is 0 Å². The van der Waals surface area contributed by atoms with E-state index >= 15 is 0 Å². The maximum atomic E-state index is 13.7. The third-order valence-corrected chi connectivity index (χ3v) is 9.25. The van der Waals surface area contributed by atoms with Crippen LogP contribution in [-0.4, -0.2) is 72.8 Å². The van der Waals surface area contributed by atoms with Crippen molar-refractivity contribution in [1.82, 2.24) is 15.1 Å². The van der Waals surface area contributed by atoms with E-state index in [4.69, 9.17) is 28.9 Å². The van der Waals surface area contributed by atoms with Crippen LogP contribution in [0.5, 0.6) is 0 Å². The van der Waals surface area contributed by atoms with E-state index in [9.17, 15) is 14.4 Å². The van der Waals surface area contributed by atoms with E-state index in [1.54, 1.807) is 30.0 Å². The maximum absolute atomic E-state index is 13.7. The zero-order valence-corrected chi connectivity index (χ0v) is 26.5. The van der Waals surface area contributed by atoms with Crippen molar-refractivity contribution in [3.05, 3.63) is 87.9 Å². The van der Waals surface area contributed by atoms with Gasteiger partial charge in [0.1, 0.15) is 6.04 Å². The zero-order valence-electron chi connectivity index (χ0n) is 25.0. The van der Waals surface area contributed by atoms with Gasteiger partial charge in [0.05, 0.1) is 22.6 Å². The first-order chi connectivity index (χ1) is 21.2. The summed E-state index contributed by atoms with van der Waals surface area (Å²) in [6, 6.07) is 19.9. The number of hydrogen-bond donors (Lipinski definition) is 2. The SMILES string of the molecule is CC(C(=O)NC(CN1CCCC1)c1ccc(-c2cccc(C(=O)N3CCCC3)c2)cc1)N(CC(N)=O)c1ccc(Cl)c(Cl)c1. The highest BCUT2D eigenvalue weighted by Crippen LogP contribution is 2.29. The molecule has 5 rings (SSSR count). The van der Waals surface area contributed by atoms with Crippen molar-refractivity contribution in [3.8, 4) is 11.1 Å². The number of rotatable bonds is 11. The number of amides is 3. The minimum absolute atomic E-state index is 0.0785. The van der Waals surface area contributed by atoms with Crippen molar-refractivity contribution in [3.63, 3.8) is 0 Å². The van der Waals surface area contributed by atoms with Gasteiger partial charge in [-0.1, -0.05) is 59.6 Å². The number of hydrogen-bond acceptors (Lipinski definition) is 5. The Morgan fingerprint density at radius 1 is 0.864 bits per heavy atom. The standard InChI is InChI=1S/C34H39Cl2N5O3/c1-23(41(22-32(37)42)28-13-14-29(35)30(36)20-28)33(43)38-31(21-39-15-2-3-16-39)25-11-9-24(10-12-25)26-7-6-8-27(19-26)34(44)40-17-4-5-18-40/h6-14,19-20,23,31H,2-5,15-18,21-22H2,1H3,(H2,37,42)(H,38,43). The van der Waals surface area contributed by atoms with Gasteiger partial charge in [0.2, 0.25) is 11.8 Å². The lowest BCUT2D eigenvalue weighted by atomic mass is 9.98. The summed E-state index contributed by atoms with van der Waals surface area (Å²) in [7, 11) is 0. The molecule has 0 bridgehead atoms. The molecular formula is C34H39Cl2N5O3. The van der Waals surface area contributed by atoms with Crippen molar-refractivity contribution in [2.24, 2.45) is 5.73 Å². The highest BCUT2D eigenvalue weighted by atomic mass is 35.5. The van der Waals surface area contributed by atoms with Crippen molar-refractivity contribution in [1.29, 1.82) is 0 Å². The smallest absolute Gasteiger partial charge is 0.253 e. The molecule has 2 heterocycles. The number of anilines is 1. The predicted molar refractivity (Wildman–Crippen MR) is 176 cm³/mol. The van der Waals surface area contributed by atoms with Gasteiger partial charge in [-0.15, -0.1) is 0 Å². The molecule has 0 aromatic heterocycles. The van der Waals surface area contributed by atoms with Crippen LogP contribution < -0.4 is 16.0 Å². The van der Waals surface area contributed by atoms with Crippen LogP contribution in [0.15, 0.2) is 66.7 Å². The molecule has 10 heteroatoms. The Morgan fingerprint density at radius 2 is 1.55 bits per heavy atom. The van der Waals surface area contributed by atoms with E-state index in [-0.39, 0.29) is 24.4 Å². The Morgan fingerprint density at radius 3 is 2.20 bits per heavy atom. The van der Waals surface area contributed by atoms with Crippen LogP contribution in [0.3, 0.4) is 0 Å². The van der Waals surface area contributed by atoms with Gasteiger partial charge in [-0.05, 0) is 92.7 Å². The number of nitrogens with two attached hydrogens (primary N) is 1. The average molecular weight is 637 g/mol. The summed E-state index contributed by atoms with van der Waals surface area (Å²) in [5.74, 6) is -0.723. The normalized spacial score (nSPS) is 16.5. The van der Waals surface area contributed by atoms with Gasteiger partial charge in [0, 0.05) is 30.9 Å². The average Bonchev–Trinajstić information content (AvgIpc) is 3.76. The first-order valence-electron chi connectivity index (χ1n) is 15.2. The predicted octanol–water partition coefficient (Wildman–Crippen LogP) is 5.53. The number of benzene rings is 3. The van der Waals surface area contributed by atoms with Gasteiger partial charge < -0.3 is 25.8 Å². The molecule has 3 N–H and O–H groups in total. The van der Waals surface area contributed by atoms with E-state index in [0.29, 0.717) is 27.8 Å². The van der Waals surface area contributed by atoms with E-state index in [1.165, 1.54) is 0 Å². The van der Waals surface area contributed by atoms with Crippen molar-refractivity contribution < 1.29 is 14.4 Å². The molecule has 2 fully saturated rings. The van der Waals surface area contributed by atoms with Crippen LogP contribution in [0.2, 0.25) is 10.0 Å². The zero-order chi connectivity index (χ0) is 31.2. The molecular weight excluding hydrogens is 597 g/mol. The monoisotopic (exact) mass is 635 g/mol. The number of likely N-dealkylation sites (tertiary alicyclic amines) is 2. The fourth-order valence-corrected chi connectivity index (χ4v) is 6.31. The molecule has 2 aliphatic rings. The molecule has 0 aliphatic carbocycles. The highest BCUT2D eigenvalue weighted by molar-refractivity contribution is 6.42. The quantitative estimate of drug-likeness (QED) is 0.289. The lowest BCUT2D eigenvalue weighted by Crippen LogP contribution is -2.50. The molecule has 3 aromatic rings. The van der Waals surface area contributed by atoms with E-state index < -0.39 is 11.9 Å². The molecule has 0 saturated carbocycles. The minimum Gasteiger partial charge on any atom is -0.368 e. The van der Waals surface area contributed by atoms with Gasteiger partial charge in [0.25, 0.3) is 5.91 Å². The Labute approximate surface area is 269 Å². The van der Waals surface area contributed by atoms with Crippen molar-refractivity contribution in [2.75, 3.05) is 44.2 Å². The second-order valence-electron chi connectivity index (χ2n) is 11.6. The first-order valence-corrected chi connectivity index (χ1v) is 16.0. The van der Waals surface area contributed by atoms with Crippen LogP contribution in [0, 0.1) is 0 Å². The number of nitrogens with one attached hydrogen (secondary N) is 1. The van der Waals surface area contributed by atoms with E-state index in [2.05, 4.69) is 10.2 Å². The van der Waals surface area contributed by atoms with Gasteiger partial charge in [-0.25, -0.2) is 0 Å². The van der Waals surface area contributed by atoms with Crippen LogP contribution in [0.4, 0.5) is 5.69 Å².